The molecule has 47 heavy (non-hydrogen) atoms. The Morgan fingerprint density at radius 2 is 1.83 bits per heavy atom. The molecule has 246 valence electrons. The highest BCUT2D eigenvalue weighted by molar-refractivity contribution is 6.07. The summed E-state index contributed by atoms with van der Waals surface area (Å²) in [4.78, 5) is 48.5. The van der Waals surface area contributed by atoms with Crippen LogP contribution in [0.2, 0.25) is 0 Å². The fourth-order valence-corrected chi connectivity index (χ4v) is 6.61. The van der Waals surface area contributed by atoms with Gasteiger partial charge in [0.1, 0.15) is 35.1 Å². The van der Waals surface area contributed by atoms with Crippen LogP contribution in [-0.2, 0) is 15.7 Å². The SMILES string of the molecule is CCN1C(=O)[C@@H](NC(=O)c2cccc(C(F)(F)F)n2)[C@@H](c2ccc(F)cc2)c2c(C(=O)N3CCC[C@H]3C#N)nn(C3CCOCC3)c21. The summed E-state index contributed by atoms with van der Waals surface area (Å²) in [6, 6.07) is 7.85. The molecule has 0 aliphatic carbocycles. The maximum absolute atomic E-state index is 14.4. The number of aromatic nitrogens is 3. The van der Waals surface area contributed by atoms with E-state index in [4.69, 9.17) is 9.84 Å². The van der Waals surface area contributed by atoms with Crippen LogP contribution < -0.4 is 10.2 Å². The molecule has 0 radical (unpaired) electrons. The summed E-state index contributed by atoms with van der Waals surface area (Å²) in [5.41, 5.74) is -1.22. The average Bonchev–Trinajstić information content (AvgIpc) is 3.71. The van der Waals surface area contributed by atoms with Gasteiger partial charge in [-0.05, 0) is 62.4 Å². The second-order valence-electron chi connectivity index (χ2n) is 11.6. The largest absolute Gasteiger partial charge is 0.433 e. The van der Waals surface area contributed by atoms with Crippen LogP contribution in [-0.4, -0.2) is 75.8 Å². The zero-order valence-corrected chi connectivity index (χ0v) is 25.3. The van der Waals surface area contributed by atoms with Crippen LogP contribution in [0.5, 0.6) is 0 Å². The lowest BCUT2D eigenvalue weighted by atomic mass is 9.80. The molecule has 6 rings (SSSR count). The van der Waals surface area contributed by atoms with Crippen LogP contribution >= 0.6 is 0 Å². The van der Waals surface area contributed by atoms with Crippen LogP contribution in [0.4, 0.5) is 23.4 Å². The molecule has 2 saturated heterocycles. The lowest BCUT2D eigenvalue weighted by Crippen LogP contribution is -2.56. The highest BCUT2D eigenvalue weighted by Gasteiger charge is 2.49. The predicted octanol–water partition coefficient (Wildman–Crippen LogP) is 4.21. The van der Waals surface area contributed by atoms with E-state index >= 15 is 0 Å². The van der Waals surface area contributed by atoms with Crippen molar-refractivity contribution >= 4 is 23.5 Å². The number of likely N-dealkylation sites (tertiary alicyclic amines) is 1. The summed E-state index contributed by atoms with van der Waals surface area (Å²) >= 11 is 0. The van der Waals surface area contributed by atoms with Gasteiger partial charge in [0.25, 0.3) is 17.7 Å². The van der Waals surface area contributed by atoms with E-state index in [2.05, 4.69) is 16.4 Å². The number of anilines is 1. The number of alkyl halides is 3. The first-order valence-electron chi connectivity index (χ1n) is 15.4. The number of ether oxygens (including phenoxy) is 1. The number of nitriles is 1. The van der Waals surface area contributed by atoms with Crippen molar-refractivity contribution in [2.24, 2.45) is 0 Å². The van der Waals surface area contributed by atoms with Gasteiger partial charge >= 0.3 is 6.18 Å². The Morgan fingerprint density at radius 1 is 1.11 bits per heavy atom. The molecule has 0 saturated carbocycles. The fourth-order valence-electron chi connectivity index (χ4n) is 6.61. The summed E-state index contributed by atoms with van der Waals surface area (Å²) in [6.07, 6.45) is -2.64. The van der Waals surface area contributed by atoms with Gasteiger partial charge in [-0.15, -0.1) is 0 Å². The van der Waals surface area contributed by atoms with E-state index in [-0.39, 0.29) is 18.3 Å². The second kappa shape index (κ2) is 12.7. The van der Waals surface area contributed by atoms with Crippen LogP contribution in [0.25, 0.3) is 0 Å². The van der Waals surface area contributed by atoms with E-state index in [0.29, 0.717) is 62.4 Å². The van der Waals surface area contributed by atoms with Gasteiger partial charge in [-0.25, -0.2) is 14.1 Å². The normalized spacial score (nSPS) is 21.8. The summed E-state index contributed by atoms with van der Waals surface area (Å²) in [5, 5.41) is 17.2. The smallest absolute Gasteiger partial charge is 0.381 e. The number of hydrogen-bond donors (Lipinski definition) is 1. The van der Waals surface area contributed by atoms with E-state index in [1.54, 1.807) is 11.6 Å². The van der Waals surface area contributed by atoms with Gasteiger partial charge in [-0.2, -0.15) is 23.5 Å². The summed E-state index contributed by atoms with van der Waals surface area (Å²) in [5.74, 6) is -3.52. The Labute approximate surface area is 267 Å². The highest BCUT2D eigenvalue weighted by atomic mass is 19.4. The highest BCUT2D eigenvalue weighted by Crippen LogP contribution is 2.45. The van der Waals surface area contributed by atoms with Crippen LogP contribution in [0, 0.1) is 17.1 Å². The van der Waals surface area contributed by atoms with Crippen molar-refractivity contribution in [3.63, 3.8) is 0 Å². The molecule has 1 N–H and O–H groups in total. The van der Waals surface area contributed by atoms with Crippen molar-refractivity contribution < 1.29 is 36.7 Å². The Bertz CT molecular complexity index is 1730. The van der Waals surface area contributed by atoms with Gasteiger partial charge in [0.2, 0.25) is 0 Å². The maximum Gasteiger partial charge on any atom is 0.433 e. The van der Waals surface area contributed by atoms with E-state index < -0.39 is 59.1 Å². The zero-order valence-electron chi connectivity index (χ0n) is 25.3. The van der Waals surface area contributed by atoms with Gasteiger partial charge in [-0.1, -0.05) is 18.2 Å². The number of pyridine rings is 1. The number of nitrogens with zero attached hydrogens (tertiary/aromatic N) is 6. The van der Waals surface area contributed by atoms with Crippen molar-refractivity contribution in [3.05, 3.63) is 76.5 Å². The Balaban J connectivity index is 1.54. The predicted molar refractivity (Wildman–Crippen MR) is 158 cm³/mol. The van der Waals surface area contributed by atoms with Gasteiger partial charge in [0, 0.05) is 37.8 Å². The Kier molecular flexibility index (Phi) is 8.71. The standard InChI is InChI=1S/C32H31F4N7O4/c1-2-41-29-25(27(31(46)42-14-4-5-21(42)17-37)40-43(29)20-12-15-47-16-13-20)24(18-8-10-19(33)11-9-18)26(30(41)45)39-28(44)22-6-3-7-23(38-22)32(34,35)36/h3,6-11,20-21,24,26H,2,4-5,12-16H2,1H3,(H,39,44)/t21-,24-,26-/m0/s1. The number of hydrogen-bond acceptors (Lipinski definition) is 7. The molecule has 2 aromatic heterocycles. The Morgan fingerprint density at radius 3 is 2.49 bits per heavy atom. The molecule has 3 aliphatic rings. The first kappa shape index (κ1) is 32.1. The van der Waals surface area contributed by atoms with Crippen LogP contribution in [0.1, 0.15) is 82.4 Å². The lowest BCUT2D eigenvalue weighted by Gasteiger charge is -2.39. The number of fused-ring (bicyclic) bond motifs is 1. The summed E-state index contributed by atoms with van der Waals surface area (Å²) in [7, 11) is 0. The molecule has 3 aromatic rings. The van der Waals surface area contributed by atoms with Crippen molar-refractivity contribution in [2.45, 2.75) is 62.8 Å². The minimum absolute atomic E-state index is 0.0228. The maximum atomic E-state index is 14.4. The minimum atomic E-state index is -4.81. The second-order valence-corrected chi connectivity index (χ2v) is 11.6. The number of benzene rings is 1. The van der Waals surface area contributed by atoms with E-state index in [1.165, 1.54) is 34.1 Å². The van der Waals surface area contributed by atoms with Crippen molar-refractivity contribution in [1.29, 1.82) is 5.26 Å². The third kappa shape index (κ3) is 5.93. The van der Waals surface area contributed by atoms with E-state index in [1.807, 2.05) is 0 Å². The molecule has 5 heterocycles. The third-order valence-corrected chi connectivity index (χ3v) is 8.86. The van der Waals surface area contributed by atoms with Crippen molar-refractivity contribution in [3.8, 4) is 6.07 Å². The van der Waals surface area contributed by atoms with Gasteiger partial charge in [0.15, 0.2) is 5.69 Å². The van der Waals surface area contributed by atoms with Gasteiger partial charge in [-0.3, -0.25) is 19.3 Å². The molecule has 2 fully saturated rings. The molecule has 3 aliphatic heterocycles. The Hall–Kier alpha value is -4.84. The third-order valence-electron chi connectivity index (χ3n) is 8.86. The number of likely N-dealkylation sites (N-methyl/N-ethyl adjacent to an activating group) is 1. The number of halogens is 4. The van der Waals surface area contributed by atoms with Crippen molar-refractivity contribution in [2.75, 3.05) is 31.2 Å². The van der Waals surface area contributed by atoms with E-state index in [9.17, 15) is 37.2 Å². The van der Waals surface area contributed by atoms with Gasteiger partial charge in [0.05, 0.1) is 12.1 Å². The number of nitrogens with one attached hydrogen (secondary N) is 1. The van der Waals surface area contributed by atoms with Crippen LogP contribution in [0.3, 0.4) is 0 Å². The summed E-state index contributed by atoms with van der Waals surface area (Å²) in [6.45, 7) is 2.98. The molecule has 1 aromatic carbocycles. The number of carbonyl (C=O) groups is 3. The fraction of sp³-hybridized carbons (Fsp3) is 0.438. The molecule has 15 heteroatoms. The average molecular weight is 654 g/mol. The number of amides is 3. The molecule has 3 atom stereocenters. The van der Waals surface area contributed by atoms with Crippen LogP contribution in [0.15, 0.2) is 42.5 Å². The number of rotatable bonds is 6. The lowest BCUT2D eigenvalue weighted by molar-refractivity contribution is -0.141. The summed E-state index contributed by atoms with van der Waals surface area (Å²) < 4.78 is 61.7. The van der Waals surface area contributed by atoms with Gasteiger partial charge < -0.3 is 15.0 Å². The molecule has 0 bridgehead atoms. The first-order chi connectivity index (χ1) is 22.5. The first-order valence-corrected chi connectivity index (χ1v) is 15.4. The van der Waals surface area contributed by atoms with Crippen molar-refractivity contribution in [1.82, 2.24) is 25.0 Å². The quantitative estimate of drug-likeness (QED) is 0.394. The topological polar surface area (TPSA) is 133 Å². The molecular weight excluding hydrogens is 622 g/mol. The molecule has 0 unspecified atom stereocenters. The monoisotopic (exact) mass is 653 g/mol. The van der Waals surface area contributed by atoms with E-state index in [0.717, 1.165) is 18.2 Å². The molecular formula is C32H31F4N7O4. The molecule has 11 nitrogen and oxygen atoms in total. The number of carbonyl (C=O) groups excluding carboxylic acids is 3. The molecule has 0 spiro atoms. The molecule has 3 amide bonds. The minimum Gasteiger partial charge on any atom is -0.381 e. The zero-order chi connectivity index (χ0) is 33.5.